The molecule has 2 aliphatic rings. The molecule has 5 rings (SSSR count). The van der Waals surface area contributed by atoms with E-state index < -0.39 is 5.54 Å². The summed E-state index contributed by atoms with van der Waals surface area (Å²) in [5.41, 5.74) is 13.6. The maximum absolute atomic E-state index is 13.4. The van der Waals surface area contributed by atoms with E-state index in [9.17, 15) is 4.79 Å². The first-order valence-electron chi connectivity index (χ1n) is 11.8. The normalized spacial score (nSPS) is 20.0. The van der Waals surface area contributed by atoms with Crippen LogP contribution in [-0.4, -0.2) is 55.7 Å². The van der Waals surface area contributed by atoms with Crippen molar-refractivity contribution in [1.29, 1.82) is 0 Å². The monoisotopic (exact) mass is 501 g/mol. The Morgan fingerprint density at radius 3 is 2.62 bits per heavy atom. The van der Waals surface area contributed by atoms with E-state index in [1.54, 1.807) is 18.3 Å². The zero-order valence-electron chi connectivity index (χ0n) is 19.6. The first-order valence-corrected chi connectivity index (χ1v) is 13.0. The van der Waals surface area contributed by atoms with Gasteiger partial charge in [0, 0.05) is 30.2 Å². The molecule has 4 heterocycles. The highest BCUT2D eigenvalue weighted by Gasteiger charge is 2.52. The fraction of sp³-hybridized carbons (Fsp3) is 0.458. The minimum absolute atomic E-state index is 0.0117. The van der Waals surface area contributed by atoms with Crippen LogP contribution in [0.4, 0.5) is 5.82 Å². The average molecular weight is 502 g/mol. The number of amides is 1. The number of fused-ring (bicyclic) bond motifs is 1. The number of nitrogens with two attached hydrogens (primary N) is 2. The summed E-state index contributed by atoms with van der Waals surface area (Å²) >= 11 is 7.61. The summed E-state index contributed by atoms with van der Waals surface area (Å²) < 4.78 is 1.85. The number of rotatable bonds is 6. The van der Waals surface area contributed by atoms with Crippen molar-refractivity contribution in [3.63, 3.8) is 0 Å². The first-order chi connectivity index (χ1) is 16.5. The van der Waals surface area contributed by atoms with Crippen molar-refractivity contribution in [2.24, 2.45) is 11.5 Å². The average Bonchev–Trinajstić information content (AvgIpc) is 3.50. The van der Waals surface area contributed by atoms with Gasteiger partial charge in [-0.25, -0.2) is 9.97 Å². The van der Waals surface area contributed by atoms with Crippen molar-refractivity contribution < 1.29 is 4.79 Å². The minimum atomic E-state index is -0.865. The number of halogens is 1. The summed E-state index contributed by atoms with van der Waals surface area (Å²) in [6.07, 6.45) is 5.38. The summed E-state index contributed by atoms with van der Waals surface area (Å²) in [7, 11) is 0. The Balaban J connectivity index is 0.00000133. The number of nitrogens with one attached hydrogen (secondary N) is 1. The lowest BCUT2D eigenvalue weighted by atomic mass is 9.87. The van der Waals surface area contributed by atoms with Crippen LogP contribution >= 0.6 is 23.5 Å². The molecule has 8 nitrogen and oxygen atoms in total. The predicted molar refractivity (Wildman–Crippen MR) is 140 cm³/mol. The number of hydrogen-bond donors (Lipinski definition) is 3. The van der Waals surface area contributed by atoms with E-state index in [0.29, 0.717) is 37.5 Å². The predicted octanol–water partition coefficient (Wildman–Crippen LogP) is 3.88. The number of nitrogens with zero attached hydrogens (tertiary/aromatic N) is 4. The molecule has 0 radical (unpaired) electrons. The van der Waals surface area contributed by atoms with E-state index in [0.717, 1.165) is 28.8 Å². The second-order valence-corrected chi connectivity index (χ2v) is 9.97. The highest BCUT2D eigenvalue weighted by atomic mass is 35.5. The maximum atomic E-state index is 13.4. The van der Waals surface area contributed by atoms with Crippen molar-refractivity contribution in [1.82, 2.24) is 19.3 Å². The lowest BCUT2D eigenvalue weighted by Crippen LogP contribution is -2.58. The summed E-state index contributed by atoms with van der Waals surface area (Å²) in [5.74, 6) is 1.06. The zero-order valence-corrected chi connectivity index (χ0v) is 21.1. The molecule has 2 aliphatic heterocycles. The van der Waals surface area contributed by atoms with Crippen LogP contribution in [0.5, 0.6) is 0 Å². The third kappa shape index (κ3) is 4.88. The molecule has 0 spiro atoms. The van der Waals surface area contributed by atoms with Crippen LogP contribution in [-0.2, 0) is 4.79 Å². The molecule has 2 fully saturated rings. The fourth-order valence-electron chi connectivity index (χ4n) is 4.51. The number of hydrogen-bond acceptors (Lipinski definition) is 7. The third-order valence-corrected chi connectivity index (χ3v) is 7.85. The molecular formula is C24H32ClN7OS. The standard InChI is InChI=1S/C22H26ClN7OS.C2H6/c23-15-3-1-14(2-4-15)16(5-9-24)20-30(32-20)21(31)22(25)7-11-29(12-8-22)19-17-6-10-26-18(17)27-13-28-19;1-2/h1-4,6,10,13,16,20H,5,7-9,11-12,24-25H2,(H,26,27,28);1-2H3. The van der Waals surface area contributed by atoms with E-state index in [-0.39, 0.29) is 17.2 Å². The molecule has 2 aromatic heterocycles. The first kappa shape index (κ1) is 24.8. The molecule has 1 amide bonds. The lowest BCUT2D eigenvalue weighted by molar-refractivity contribution is -0.131. The molecule has 182 valence electrons. The summed E-state index contributed by atoms with van der Waals surface area (Å²) in [5, 5.41) is 1.74. The van der Waals surface area contributed by atoms with Crippen LogP contribution in [0.1, 0.15) is 44.6 Å². The van der Waals surface area contributed by atoms with E-state index >= 15 is 0 Å². The summed E-state index contributed by atoms with van der Waals surface area (Å²) in [6.45, 7) is 5.90. The Hall–Kier alpha value is -2.33. The molecule has 1 aromatic carbocycles. The van der Waals surface area contributed by atoms with Crippen LogP contribution in [0.25, 0.3) is 11.0 Å². The minimum Gasteiger partial charge on any atom is -0.356 e. The van der Waals surface area contributed by atoms with Crippen LogP contribution in [0.3, 0.4) is 0 Å². The number of piperidine rings is 1. The van der Waals surface area contributed by atoms with Gasteiger partial charge < -0.3 is 21.4 Å². The van der Waals surface area contributed by atoms with Gasteiger partial charge in [0.25, 0.3) is 5.91 Å². The van der Waals surface area contributed by atoms with Crippen LogP contribution in [0.15, 0.2) is 42.9 Å². The van der Waals surface area contributed by atoms with Gasteiger partial charge in [0.05, 0.1) is 10.9 Å². The Morgan fingerprint density at radius 1 is 1.24 bits per heavy atom. The smallest absolute Gasteiger partial charge is 0.253 e. The van der Waals surface area contributed by atoms with Crippen molar-refractivity contribution in [3.8, 4) is 0 Å². The summed E-state index contributed by atoms with van der Waals surface area (Å²) in [4.78, 5) is 27.4. The number of anilines is 1. The fourth-order valence-corrected chi connectivity index (χ4v) is 5.78. The van der Waals surface area contributed by atoms with E-state index in [2.05, 4.69) is 19.9 Å². The molecule has 5 N–H and O–H groups in total. The quantitative estimate of drug-likeness (QED) is 0.346. The van der Waals surface area contributed by atoms with Gasteiger partial charge >= 0.3 is 0 Å². The van der Waals surface area contributed by atoms with Gasteiger partial charge in [-0.05, 0) is 61.5 Å². The van der Waals surface area contributed by atoms with Crippen molar-refractivity contribution >= 4 is 46.3 Å². The molecule has 3 aromatic rings. The number of aromatic amines is 1. The second-order valence-electron chi connectivity index (χ2n) is 8.44. The van der Waals surface area contributed by atoms with Gasteiger partial charge in [-0.3, -0.25) is 9.10 Å². The van der Waals surface area contributed by atoms with Crippen molar-refractivity contribution in [2.75, 3.05) is 24.5 Å². The Bertz CT molecular complexity index is 1110. The van der Waals surface area contributed by atoms with Gasteiger partial charge in [0.1, 0.15) is 23.2 Å². The number of aromatic nitrogens is 3. The third-order valence-electron chi connectivity index (χ3n) is 6.44. The Morgan fingerprint density at radius 2 is 1.94 bits per heavy atom. The maximum Gasteiger partial charge on any atom is 0.253 e. The molecule has 0 saturated carbocycles. The van der Waals surface area contributed by atoms with Crippen molar-refractivity contribution in [2.45, 2.75) is 49.9 Å². The molecule has 2 saturated heterocycles. The number of carbonyl (C=O) groups excluding carboxylic acids is 1. The number of benzene rings is 1. The molecule has 10 heteroatoms. The SMILES string of the molecule is CC.NCCC(c1ccc(Cl)cc1)C1SN1C(=O)C1(N)CCN(c2ncnc3[nH]ccc23)CC1. The summed E-state index contributed by atoms with van der Waals surface area (Å²) in [6, 6.07) is 9.78. The molecule has 2 atom stereocenters. The van der Waals surface area contributed by atoms with Crippen molar-refractivity contribution in [3.05, 3.63) is 53.4 Å². The molecule has 2 unspecified atom stereocenters. The molecule has 0 bridgehead atoms. The highest BCUT2D eigenvalue weighted by molar-refractivity contribution is 8.04. The van der Waals surface area contributed by atoms with E-state index in [1.807, 2.05) is 54.7 Å². The van der Waals surface area contributed by atoms with Gasteiger partial charge in [-0.1, -0.05) is 37.6 Å². The number of H-pyrrole nitrogens is 1. The molecular weight excluding hydrogens is 470 g/mol. The van der Waals surface area contributed by atoms with Crippen LogP contribution in [0.2, 0.25) is 5.02 Å². The highest BCUT2D eigenvalue weighted by Crippen LogP contribution is 2.51. The van der Waals surface area contributed by atoms with Gasteiger partial charge in [-0.15, -0.1) is 0 Å². The van der Waals surface area contributed by atoms with E-state index in [1.165, 1.54) is 0 Å². The number of carbonyl (C=O) groups is 1. The van der Waals surface area contributed by atoms with Gasteiger partial charge in [-0.2, -0.15) is 0 Å². The largest absolute Gasteiger partial charge is 0.356 e. The van der Waals surface area contributed by atoms with E-state index in [4.69, 9.17) is 23.1 Å². The van der Waals surface area contributed by atoms with Crippen LogP contribution in [0, 0.1) is 0 Å². The Labute approximate surface area is 209 Å². The van der Waals surface area contributed by atoms with Gasteiger partial charge in [0.15, 0.2) is 0 Å². The molecule has 34 heavy (non-hydrogen) atoms. The zero-order chi connectivity index (χ0) is 24.3. The second kappa shape index (κ2) is 10.5. The van der Waals surface area contributed by atoms with Gasteiger partial charge in [0.2, 0.25) is 0 Å². The van der Waals surface area contributed by atoms with Crippen LogP contribution < -0.4 is 16.4 Å². The Kier molecular flexibility index (Phi) is 7.67. The topological polar surface area (TPSA) is 117 Å². The molecule has 0 aliphatic carbocycles. The lowest BCUT2D eigenvalue weighted by Gasteiger charge is -2.38.